The molecule has 0 radical (unpaired) electrons. The summed E-state index contributed by atoms with van der Waals surface area (Å²) in [6, 6.07) is 8.98. The van der Waals surface area contributed by atoms with Crippen molar-refractivity contribution in [1.29, 1.82) is 0 Å². The number of amides is 2. The molecule has 0 aliphatic carbocycles. The minimum absolute atomic E-state index is 0.00310. The maximum Gasteiger partial charge on any atom is 0.326 e. The Bertz CT molecular complexity index is 919. The second kappa shape index (κ2) is 10.4. The molecule has 0 unspecified atom stereocenters. The Morgan fingerprint density at radius 3 is 2.28 bits per heavy atom. The lowest BCUT2D eigenvalue weighted by Gasteiger charge is -2.18. The van der Waals surface area contributed by atoms with Crippen molar-refractivity contribution in [3.63, 3.8) is 0 Å². The Kier molecular flexibility index (Phi) is 8.21. The predicted molar refractivity (Wildman–Crippen MR) is 115 cm³/mol. The third-order valence-corrected chi connectivity index (χ3v) is 4.74. The molecular formula is C20H20Br2N2O5. The van der Waals surface area contributed by atoms with E-state index in [1.54, 1.807) is 30.3 Å². The zero-order valence-electron chi connectivity index (χ0n) is 15.7. The van der Waals surface area contributed by atoms with Crippen LogP contribution in [0.4, 0.5) is 0 Å². The van der Waals surface area contributed by atoms with Gasteiger partial charge in [0.2, 0.25) is 0 Å². The molecule has 1 aromatic heterocycles. The van der Waals surface area contributed by atoms with Gasteiger partial charge in [0.15, 0.2) is 10.4 Å². The van der Waals surface area contributed by atoms with E-state index in [9.17, 15) is 19.5 Å². The predicted octanol–water partition coefficient (Wildman–Crippen LogP) is 4.19. The molecule has 2 rings (SSSR count). The van der Waals surface area contributed by atoms with Crippen LogP contribution < -0.4 is 10.6 Å². The van der Waals surface area contributed by atoms with Crippen molar-refractivity contribution in [3.8, 4) is 0 Å². The Hall–Kier alpha value is -2.39. The molecule has 1 heterocycles. The maximum absolute atomic E-state index is 12.8. The third kappa shape index (κ3) is 7.17. The zero-order valence-corrected chi connectivity index (χ0v) is 18.9. The molecule has 0 aliphatic heterocycles. The van der Waals surface area contributed by atoms with E-state index in [-0.39, 0.29) is 23.8 Å². The number of carboxylic acid groups (broad SMARTS) is 1. The number of benzene rings is 1. The van der Waals surface area contributed by atoms with Crippen molar-refractivity contribution in [3.05, 3.63) is 62.6 Å². The maximum atomic E-state index is 12.8. The Labute approximate surface area is 184 Å². The highest BCUT2D eigenvalue weighted by atomic mass is 79.9. The number of furan rings is 1. The van der Waals surface area contributed by atoms with Crippen LogP contribution in [0.1, 0.15) is 36.4 Å². The lowest BCUT2D eigenvalue weighted by Crippen LogP contribution is -2.45. The van der Waals surface area contributed by atoms with Crippen LogP contribution in [-0.2, 0) is 9.59 Å². The van der Waals surface area contributed by atoms with E-state index in [1.807, 2.05) is 13.8 Å². The van der Waals surface area contributed by atoms with Gasteiger partial charge >= 0.3 is 5.97 Å². The van der Waals surface area contributed by atoms with Gasteiger partial charge in [-0.05, 0) is 64.2 Å². The summed E-state index contributed by atoms with van der Waals surface area (Å²) >= 11 is 6.45. The fourth-order valence-electron chi connectivity index (χ4n) is 2.43. The summed E-state index contributed by atoms with van der Waals surface area (Å²) in [5.74, 6) is -2.42. The van der Waals surface area contributed by atoms with E-state index in [0.717, 1.165) is 4.47 Å². The van der Waals surface area contributed by atoms with Gasteiger partial charge in [0.25, 0.3) is 11.8 Å². The van der Waals surface area contributed by atoms with Crippen LogP contribution in [0, 0.1) is 5.92 Å². The van der Waals surface area contributed by atoms with Crippen LogP contribution in [0.2, 0.25) is 0 Å². The lowest BCUT2D eigenvalue weighted by molar-refractivity contribution is -0.141. The Morgan fingerprint density at radius 1 is 1.10 bits per heavy atom. The van der Waals surface area contributed by atoms with Gasteiger partial charge in [-0.3, -0.25) is 9.59 Å². The van der Waals surface area contributed by atoms with Gasteiger partial charge in [-0.15, -0.1) is 0 Å². The average molecular weight is 528 g/mol. The molecule has 2 amide bonds. The third-order valence-electron chi connectivity index (χ3n) is 3.78. The highest BCUT2D eigenvalue weighted by molar-refractivity contribution is 9.10. The number of hydrogen-bond donors (Lipinski definition) is 3. The van der Waals surface area contributed by atoms with Crippen LogP contribution in [0.5, 0.6) is 0 Å². The van der Waals surface area contributed by atoms with Crippen LogP contribution in [0.3, 0.4) is 0 Å². The Balaban J connectivity index is 2.29. The Morgan fingerprint density at radius 2 is 1.76 bits per heavy atom. The molecule has 29 heavy (non-hydrogen) atoms. The van der Waals surface area contributed by atoms with E-state index in [1.165, 1.54) is 12.1 Å². The summed E-state index contributed by atoms with van der Waals surface area (Å²) in [6.07, 6.45) is 1.72. The number of carbonyl (C=O) groups is 3. The van der Waals surface area contributed by atoms with E-state index >= 15 is 0 Å². The number of carboxylic acids is 1. The second-order valence-electron chi connectivity index (χ2n) is 6.66. The molecule has 2 aromatic rings. The molecule has 0 bridgehead atoms. The van der Waals surface area contributed by atoms with Gasteiger partial charge in [0, 0.05) is 4.47 Å². The van der Waals surface area contributed by atoms with Gasteiger partial charge in [-0.2, -0.15) is 0 Å². The summed E-state index contributed by atoms with van der Waals surface area (Å²) in [5.41, 5.74) is 0.551. The first-order valence-electron chi connectivity index (χ1n) is 8.73. The summed E-state index contributed by atoms with van der Waals surface area (Å²) in [5, 5.41) is 14.4. The minimum Gasteiger partial charge on any atom is -0.480 e. The van der Waals surface area contributed by atoms with E-state index < -0.39 is 23.8 Å². The summed E-state index contributed by atoms with van der Waals surface area (Å²) in [7, 11) is 0. The number of carbonyl (C=O) groups excluding carboxylic acids is 2. The van der Waals surface area contributed by atoms with Crippen molar-refractivity contribution in [2.24, 2.45) is 5.92 Å². The molecule has 0 fully saturated rings. The van der Waals surface area contributed by atoms with Crippen molar-refractivity contribution < 1.29 is 23.9 Å². The van der Waals surface area contributed by atoms with Gasteiger partial charge in [0.05, 0.1) is 0 Å². The van der Waals surface area contributed by atoms with Crippen molar-refractivity contribution in [2.45, 2.75) is 26.3 Å². The highest BCUT2D eigenvalue weighted by Crippen LogP contribution is 2.16. The van der Waals surface area contributed by atoms with E-state index in [0.29, 0.717) is 10.2 Å². The monoisotopic (exact) mass is 526 g/mol. The molecule has 0 saturated heterocycles. The topological polar surface area (TPSA) is 109 Å². The van der Waals surface area contributed by atoms with Crippen LogP contribution in [-0.4, -0.2) is 28.9 Å². The molecule has 9 heteroatoms. The van der Waals surface area contributed by atoms with Crippen molar-refractivity contribution in [2.75, 3.05) is 0 Å². The molecule has 0 spiro atoms. The largest absolute Gasteiger partial charge is 0.480 e. The lowest BCUT2D eigenvalue weighted by atomic mass is 10.0. The molecule has 0 aliphatic rings. The van der Waals surface area contributed by atoms with Gasteiger partial charge in [-0.25, -0.2) is 4.79 Å². The first-order valence-corrected chi connectivity index (χ1v) is 10.3. The minimum atomic E-state index is -1.14. The fourth-order valence-corrected chi connectivity index (χ4v) is 3.00. The number of halogens is 2. The van der Waals surface area contributed by atoms with Gasteiger partial charge in [0.1, 0.15) is 11.7 Å². The van der Waals surface area contributed by atoms with E-state index in [2.05, 4.69) is 42.5 Å². The molecule has 0 saturated carbocycles. The van der Waals surface area contributed by atoms with Crippen LogP contribution >= 0.6 is 31.9 Å². The number of hydrogen-bond acceptors (Lipinski definition) is 4. The molecule has 1 atom stereocenters. The fraction of sp³-hybridized carbons (Fsp3) is 0.250. The smallest absolute Gasteiger partial charge is 0.326 e. The van der Waals surface area contributed by atoms with Crippen LogP contribution in [0.15, 0.2) is 55.7 Å². The first-order chi connectivity index (χ1) is 13.7. The van der Waals surface area contributed by atoms with Crippen molar-refractivity contribution in [1.82, 2.24) is 10.6 Å². The second-order valence-corrected chi connectivity index (χ2v) is 8.36. The van der Waals surface area contributed by atoms with Crippen LogP contribution in [0.25, 0.3) is 6.08 Å². The quantitative estimate of drug-likeness (QED) is 0.446. The molecule has 7 nitrogen and oxygen atoms in total. The average Bonchev–Trinajstić information content (AvgIpc) is 3.08. The standard InChI is InChI=1S/C20H20Br2N2O5/c1-11(2)9-15(20(27)28)24-18(25)14(10-12-3-5-13(21)6-4-12)23-19(26)16-7-8-17(22)29-16/h3-8,10-11,15H,9H2,1-2H3,(H,23,26)(H,24,25)(H,27,28)/b14-10-/t15-/m1/s1. The summed E-state index contributed by atoms with van der Waals surface area (Å²) < 4.78 is 6.43. The van der Waals surface area contributed by atoms with Gasteiger partial charge < -0.3 is 20.2 Å². The zero-order chi connectivity index (χ0) is 21.6. The molecule has 154 valence electrons. The first kappa shape index (κ1) is 22.9. The van der Waals surface area contributed by atoms with E-state index in [4.69, 9.17) is 4.42 Å². The SMILES string of the molecule is CC(C)C[C@@H](NC(=O)/C(=C/c1ccc(Br)cc1)NC(=O)c1ccc(Br)o1)C(=O)O. The van der Waals surface area contributed by atoms with Crippen molar-refractivity contribution >= 4 is 55.7 Å². The number of aliphatic carboxylic acids is 1. The van der Waals surface area contributed by atoms with Gasteiger partial charge in [-0.1, -0.05) is 41.9 Å². The summed E-state index contributed by atoms with van der Waals surface area (Å²) in [4.78, 5) is 36.7. The molecular weight excluding hydrogens is 508 g/mol. The normalized spacial score (nSPS) is 12.5. The summed E-state index contributed by atoms with van der Waals surface area (Å²) in [6.45, 7) is 3.72. The molecule has 3 N–H and O–H groups in total. The number of rotatable bonds is 8. The highest BCUT2D eigenvalue weighted by Gasteiger charge is 2.24. The molecule has 1 aromatic carbocycles. The number of nitrogens with one attached hydrogen (secondary N) is 2.